The summed E-state index contributed by atoms with van der Waals surface area (Å²) in [5.41, 5.74) is 0. The first kappa shape index (κ1) is 13.0. The molecule has 90 valence electrons. The van der Waals surface area contributed by atoms with Crippen LogP contribution >= 0.6 is 0 Å². The highest BCUT2D eigenvalue weighted by Crippen LogP contribution is 2.28. The molecule has 0 aliphatic heterocycles. The van der Waals surface area contributed by atoms with E-state index in [1.807, 2.05) is 13.8 Å². The van der Waals surface area contributed by atoms with Gasteiger partial charge < -0.3 is 10.2 Å². The highest BCUT2D eigenvalue weighted by molar-refractivity contribution is 4.74. The van der Waals surface area contributed by atoms with Crippen molar-refractivity contribution >= 4 is 0 Å². The van der Waals surface area contributed by atoms with Crippen molar-refractivity contribution in [1.82, 2.24) is 0 Å². The minimum atomic E-state index is -0.247. The maximum absolute atomic E-state index is 9.99. The number of aliphatic hydroxyl groups excluding tert-OH is 2. The van der Waals surface area contributed by atoms with Crippen LogP contribution in [0.3, 0.4) is 0 Å². The molecule has 1 aliphatic carbocycles. The van der Waals surface area contributed by atoms with Crippen LogP contribution in [-0.2, 0) is 0 Å². The van der Waals surface area contributed by atoms with Gasteiger partial charge in [-0.1, -0.05) is 33.1 Å². The van der Waals surface area contributed by atoms with Crippen LogP contribution in [0, 0.1) is 11.8 Å². The van der Waals surface area contributed by atoms with Crippen LogP contribution in [0.15, 0.2) is 0 Å². The molecule has 0 aromatic carbocycles. The van der Waals surface area contributed by atoms with E-state index in [2.05, 4.69) is 0 Å². The van der Waals surface area contributed by atoms with Crippen molar-refractivity contribution in [2.75, 3.05) is 0 Å². The Bertz CT molecular complexity index is 162. The molecule has 0 unspecified atom stereocenters. The second-order valence-corrected chi connectivity index (χ2v) is 5.35. The van der Waals surface area contributed by atoms with Gasteiger partial charge in [-0.3, -0.25) is 0 Å². The number of hydrogen-bond donors (Lipinski definition) is 2. The molecule has 2 N–H and O–H groups in total. The van der Waals surface area contributed by atoms with Gasteiger partial charge in [0.05, 0.1) is 12.2 Å². The van der Waals surface area contributed by atoms with E-state index in [9.17, 15) is 10.2 Å². The molecular formula is C13H26O2. The predicted octanol–water partition coefficient (Wildman–Crippen LogP) is 2.72. The topological polar surface area (TPSA) is 40.5 Å². The van der Waals surface area contributed by atoms with E-state index in [0.29, 0.717) is 11.8 Å². The molecule has 15 heavy (non-hydrogen) atoms. The van der Waals surface area contributed by atoms with Gasteiger partial charge in [-0.15, -0.1) is 0 Å². The van der Waals surface area contributed by atoms with E-state index >= 15 is 0 Å². The summed E-state index contributed by atoms with van der Waals surface area (Å²) in [6.45, 7) is 4.05. The fourth-order valence-electron chi connectivity index (χ4n) is 2.43. The summed E-state index contributed by atoms with van der Waals surface area (Å²) < 4.78 is 0. The normalized spacial score (nSPS) is 23.0. The smallest absolute Gasteiger partial charge is 0.0569 e. The predicted molar refractivity (Wildman–Crippen MR) is 62.7 cm³/mol. The lowest BCUT2D eigenvalue weighted by atomic mass is 9.83. The Kier molecular flexibility index (Phi) is 5.62. The SMILES string of the molecule is CC(C)[C@H](O)CC[C@H](O)C1CCCCC1. The first-order chi connectivity index (χ1) is 7.11. The van der Waals surface area contributed by atoms with Gasteiger partial charge in [0.2, 0.25) is 0 Å². The fraction of sp³-hybridized carbons (Fsp3) is 1.00. The second kappa shape index (κ2) is 6.49. The molecule has 0 aromatic heterocycles. The maximum Gasteiger partial charge on any atom is 0.0569 e. The van der Waals surface area contributed by atoms with Crippen LogP contribution in [0.5, 0.6) is 0 Å². The third-order valence-corrected chi connectivity index (χ3v) is 3.72. The van der Waals surface area contributed by atoms with Crippen LogP contribution < -0.4 is 0 Å². The summed E-state index contributed by atoms with van der Waals surface area (Å²) in [4.78, 5) is 0. The molecule has 0 spiro atoms. The van der Waals surface area contributed by atoms with Crippen LogP contribution in [0.25, 0.3) is 0 Å². The summed E-state index contributed by atoms with van der Waals surface area (Å²) >= 11 is 0. The van der Waals surface area contributed by atoms with E-state index in [0.717, 1.165) is 12.8 Å². The van der Waals surface area contributed by atoms with Crippen molar-refractivity contribution in [2.45, 2.75) is 71.0 Å². The van der Waals surface area contributed by atoms with Crippen molar-refractivity contribution in [3.63, 3.8) is 0 Å². The zero-order valence-corrected chi connectivity index (χ0v) is 10.2. The molecule has 0 amide bonds. The van der Waals surface area contributed by atoms with E-state index in [-0.39, 0.29) is 12.2 Å². The quantitative estimate of drug-likeness (QED) is 0.738. The average Bonchev–Trinajstić information content (AvgIpc) is 2.26. The van der Waals surface area contributed by atoms with Crippen molar-refractivity contribution in [2.24, 2.45) is 11.8 Å². The Labute approximate surface area is 93.7 Å². The highest BCUT2D eigenvalue weighted by Gasteiger charge is 2.22. The molecule has 1 saturated carbocycles. The lowest BCUT2D eigenvalue weighted by Gasteiger charge is -2.27. The Morgan fingerprint density at radius 1 is 1.00 bits per heavy atom. The Balaban J connectivity index is 2.19. The van der Waals surface area contributed by atoms with Gasteiger partial charge in [0, 0.05) is 0 Å². The summed E-state index contributed by atoms with van der Waals surface area (Å²) in [7, 11) is 0. The molecule has 0 aromatic rings. The summed E-state index contributed by atoms with van der Waals surface area (Å²) in [6.07, 6.45) is 7.32. The molecule has 1 aliphatic rings. The monoisotopic (exact) mass is 214 g/mol. The summed E-state index contributed by atoms with van der Waals surface area (Å²) in [5, 5.41) is 19.7. The molecule has 0 heterocycles. The van der Waals surface area contributed by atoms with Crippen LogP contribution in [0.1, 0.15) is 58.8 Å². The molecule has 0 radical (unpaired) electrons. The molecule has 0 bridgehead atoms. The van der Waals surface area contributed by atoms with Gasteiger partial charge in [-0.05, 0) is 37.5 Å². The zero-order chi connectivity index (χ0) is 11.3. The van der Waals surface area contributed by atoms with Gasteiger partial charge >= 0.3 is 0 Å². The van der Waals surface area contributed by atoms with Gasteiger partial charge in [-0.25, -0.2) is 0 Å². The third kappa shape index (κ3) is 4.52. The zero-order valence-electron chi connectivity index (χ0n) is 10.2. The van der Waals surface area contributed by atoms with Crippen molar-refractivity contribution in [1.29, 1.82) is 0 Å². The summed E-state index contributed by atoms with van der Waals surface area (Å²) in [5.74, 6) is 0.807. The Hall–Kier alpha value is -0.0800. The average molecular weight is 214 g/mol. The first-order valence-electron chi connectivity index (χ1n) is 6.47. The van der Waals surface area contributed by atoms with Crippen molar-refractivity contribution in [3.8, 4) is 0 Å². The molecule has 0 saturated heterocycles. The third-order valence-electron chi connectivity index (χ3n) is 3.72. The Morgan fingerprint density at radius 3 is 2.13 bits per heavy atom. The lowest BCUT2D eigenvalue weighted by molar-refractivity contribution is 0.0472. The number of hydrogen-bond acceptors (Lipinski definition) is 2. The van der Waals surface area contributed by atoms with Gasteiger partial charge in [-0.2, -0.15) is 0 Å². The molecule has 1 rings (SSSR count). The van der Waals surface area contributed by atoms with Gasteiger partial charge in [0.25, 0.3) is 0 Å². The van der Waals surface area contributed by atoms with E-state index in [4.69, 9.17) is 0 Å². The van der Waals surface area contributed by atoms with Crippen LogP contribution in [-0.4, -0.2) is 22.4 Å². The van der Waals surface area contributed by atoms with Crippen LogP contribution in [0.4, 0.5) is 0 Å². The Morgan fingerprint density at radius 2 is 1.60 bits per heavy atom. The first-order valence-corrected chi connectivity index (χ1v) is 6.47. The molecule has 1 fully saturated rings. The maximum atomic E-state index is 9.99. The van der Waals surface area contributed by atoms with Crippen molar-refractivity contribution < 1.29 is 10.2 Å². The van der Waals surface area contributed by atoms with Crippen LogP contribution in [0.2, 0.25) is 0 Å². The van der Waals surface area contributed by atoms with Gasteiger partial charge in [0.15, 0.2) is 0 Å². The summed E-state index contributed by atoms with van der Waals surface area (Å²) in [6, 6.07) is 0. The minimum absolute atomic E-state index is 0.182. The minimum Gasteiger partial charge on any atom is -0.393 e. The second-order valence-electron chi connectivity index (χ2n) is 5.35. The van der Waals surface area contributed by atoms with Gasteiger partial charge in [0.1, 0.15) is 0 Å². The lowest BCUT2D eigenvalue weighted by Crippen LogP contribution is -2.25. The number of rotatable bonds is 5. The van der Waals surface area contributed by atoms with E-state index in [1.165, 1.54) is 32.1 Å². The van der Waals surface area contributed by atoms with E-state index < -0.39 is 0 Å². The fourth-order valence-corrected chi connectivity index (χ4v) is 2.43. The molecule has 2 atom stereocenters. The molecular weight excluding hydrogens is 188 g/mol. The number of aliphatic hydroxyl groups is 2. The van der Waals surface area contributed by atoms with Crippen molar-refractivity contribution in [3.05, 3.63) is 0 Å². The standard InChI is InChI=1S/C13H26O2/c1-10(2)12(14)8-9-13(15)11-6-4-3-5-7-11/h10-15H,3-9H2,1-2H3/t12-,13+/m1/s1. The largest absolute Gasteiger partial charge is 0.393 e. The molecule has 2 heteroatoms. The highest BCUT2D eigenvalue weighted by atomic mass is 16.3. The van der Waals surface area contributed by atoms with E-state index in [1.54, 1.807) is 0 Å². The molecule has 2 nitrogen and oxygen atoms in total.